The molecule has 0 aliphatic carbocycles. The fourth-order valence-corrected chi connectivity index (χ4v) is 3.49. The van der Waals surface area contributed by atoms with Crippen molar-refractivity contribution in [2.45, 2.75) is 13.5 Å². The van der Waals surface area contributed by atoms with E-state index in [2.05, 4.69) is 28.9 Å². The number of hydrogen-bond acceptors (Lipinski definition) is 6. The quantitative estimate of drug-likeness (QED) is 0.835. The van der Waals surface area contributed by atoms with Gasteiger partial charge in [-0.15, -0.1) is 0 Å². The molecule has 3 rings (SSSR count). The number of rotatable bonds is 6. The maximum atomic E-state index is 10.5. The molecule has 2 aliphatic rings. The molecular weight excluding hydrogens is 332 g/mol. The second-order valence-corrected chi connectivity index (χ2v) is 7.00. The first-order valence-electron chi connectivity index (χ1n) is 9.33. The lowest BCUT2D eigenvalue weighted by Crippen LogP contribution is -2.37. The molecule has 2 fully saturated rings. The van der Waals surface area contributed by atoms with E-state index < -0.39 is 0 Å². The van der Waals surface area contributed by atoms with E-state index in [0.717, 1.165) is 76.8 Å². The van der Waals surface area contributed by atoms with E-state index in [4.69, 9.17) is 14.2 Å². The number of benzene rings is 1. The third kappa shape index (κ3) is 5.20. The highest BCUT2D eigenvalue weighted by Crippen LogP contribution is 2.33. The van der Waals surface area contributed by atoms with E-state index in [9.17, 15) is 5.11 Å². The molecular formula is C20H30N2O4. The van der Waals surface area contributed by atoms with Gasteiger partial charge in [-0.05, 0) is 24.6 Å². The van der Waals surface area contributed by atoms with Crippen molar-refractivity contribution in [1.82, 2.24) is 9.80 Å². The van der Waals surface area contributed by atoms with Crippen LogP contribution in [0.15, 0.2) is 17.7 Å². The average Bonchev–Trinajstić information content (AvgIpc) is 2.66. The normalized spacial score (nSPS) is 20.3. The summed E-state index contributed by atoms with van der Waals surface area (Å²) in [7, 11) is 1.60. The zero-order valence-electron chi connectivity index (χ0n) is 15.9. The highest BCUT2D eigenvalue weighted by atomic mass is 16.5. The fraction of sp³-hybridized carbons (Fsp3) is 0.600. The van der Waals surface area contributed by atoms with Crippen molar-refractivity contribution in [3.8, 4) is 11.5 Å². The summed E-state index contributed by atoms with van der Waals surface area (Å²) >= 11 is 0. The van der Waals surface area contributed by atoms with Gasteiger partial charge in [-0.3, -0.25) is 9.80 Å². The summed E-state index contributed by atoms with van der Waals surface area (Å²) in [5, 5.41) is 10.5. The molecule has 144 valence electrons. The van der Waals surface area contributed by atoms with Gasteiger partial charge in [-0.2, -0.15) is 0 Å². The molecule has 0 unspecified atom stereocenters. The molecule has 2 saturated heterocycles. The Hall–Kier alpha value is -1.60. The number of nitrogens with zero attached hydrogens (tertiary/aromatic N) is 2. The van der Waals surface area contributed by atoms with E-state index in [0.29, 0.717) is 5.75 Å². The van der Waals surface area contributed by atoms with Gasteiger partial charge in [0.1, 0.15) is 0 Å². The molecule has 6 nitrogen and oxygen atoms in total. The van der Waals surface area contributed by atoms with Crippen LogP contribution in [0.1, 0.15) is 18.1 Å². The molecule has 1 aromatic rings. The van der Waals surface area contributed by atoms with Crippen LogP contribution in [0, 0.1) is 0 Å². The zero-order valence-corrected chi connectivity index (χ0v) is 15.9. The summed E-state index contributed by atoms with van der Waals surface area (Å²) in [5.41, 5.74) is 3.18. The van der Waals surface area contributed by atoms with Crippen LogP contribution < -0.4 is 4.74 Å². The smallest absolute Gasteiger partial charge is 0.165 e. The Bertz CT molecular complexity index is 620. The molecule has 2 aliphatic heterocycles. The highest BCUT2D eigenvalue weighted by molar-refractivity contribution is 5.64. The Balaban J connectivity index is 1.75. The minimum absolute atomic E-state index is 0.208. The molecule has 0 bridgehead atoms. The van der Waals surface area contributed by atoms with Crippen molar-refractivity contribution in [3.63, 3.8) is 0 Å². The van der Waals surface area contributed by atoms with E-state index in [1.807, 2.05) is 6.07 Å². The van der Waals surface area contributed by atoms with Gasteiger partial charge in [-0.25, -0.2) is 0 Å². The molecule has 1 N–H and O–H groups in total. The second-order valence-electron chi connectivity index (χ2n) is 7.00. The summed E-state index contributed by atoms with van der Waals surface area (Å²) in [4.78, 5) is 4.74. The van der Waals surface area contributed by atoms with Crippen LogP contribution in [0.5, 0.6) is 11.5 Å². The molecule has 0 radical (unpaired) electrons. The third-order valence-electron chi connectivity index (χ3n) is 4.87. The summed E-state index contributed by atoms with van der Waals surface area (Å²) in [6, 6.07) is 4.00. The first-order valence-corrected chi connectivity index (χ1v) is 9.33. The average molecular weight is 362 g/mol. The predicted molar refractivity (Wildman–Crippen MR) is 102 cm³/mol. The maximum absolute atomic E-state index is 10.5. The Morgan fingerprint density at radius 1 is 1.08 bits per heavy atom. The Morgan fingerprint density at radius 3 is 2.31 bits per heavy atom. The standard InChI is InChI=1S/C20H30N2O4/c1-16(14-21-3-7-25-8-4-21)11-18-12-17(13-19(24-2)20(18)23)15-22-5-9-26-10-6-22/h11-13,23H,3-10,14-15H2,1-2H3. The van der Waals surface area contributed by atoms with Gasteiger partial charge < -0.3 is 19.3 Å². The van der Waals surface area contributed by atoms with Crippen molar-refractivity contribution < 1.29 is 19.3 Å². The molecule has 26 heavy (non-hydrogen) atoms. The minimum Gasteiger partial charge on any atom is -0.504 e. The molecule has 6 heteroatoms. The Morgan fingerprint density at radius 2 is 1.69 bits per heavy atom. The van der Waals surface area contributed by atoms with Crippen LogP contribution in [0.4, 0.5) is 0 Å². The summed E-state index contributed by atoms with van der Waals surface area (Å²) in [5.74, 6) is 0.737. The van der Waals surface area contributed by atoms with Crippen LogP contribution in [0.25, 0.3) is 6.08 Å². The molecule has 0 amide bonds. The van der Waals surface area contributed by atoms with Crippen molar-refractivity contribution in [2.24, 2.45) is 0 Å². The van der Waals surface area contributed by atoms with Gasteiger partial charge in [0.25, 0.3) is 0 Å². The lowest BCUT2D eigenvalue weighted by molar-refractivity contribution is 0.0341. The Kier molecular flexibility index (Phi) is 6.91. The monoisotopic (exact) mass is 362 g/mol. The predicted octanol–water partition coefficient (Wildman–Crippen LogP) is 1.97. The van der Waals surface area contributed by atoms with Crippen LogP contribution >= 0.6 is 0 Å². The van der Waals surface area contributed by atoms with Gasteiger partial charge in [-0.1, -0.05) is 11.6 Å². The van der Waals surface area contributed by atoms with E-state index >= 15 is 0 Å². The SMILES string of the molecule is COc1cc(CN2CCOCC2)cc(C=C(C)CN2CCOCC2)c1O. The number of methoxy groups -OCH3 is 1. The van der Waals surface area contributed by atoms with E-state index in [1.54, 1.807) is 7.11 Å². The van der Waals surface area contributed by atoms with Crippen LogP contribution in [-0.4, -0.2) is 81.2 Å². The summed E-state index contributed by atoms with van der Waals surface area (Å²) in [6.45, 7) is 10.8. The molecule has 0 atom stereocenters. The van der Waals surface area contributed by atoms with Crippen molar-refractivity contribution >= 4 is 6.08 Å². The zero-order chi connectivity index (χ0) is 18.4. The number of hydrogen-bond donors (Lipinski definition) is 1. The number of phenols is 1. The van der Waals surface area contributed by atoms with Crippen molar-refractivity contribution in [2.75, 3.05) is 66.3 Å². The second kappa shape index (κ2) is 9.37. The minimum atomic E-state index is 0.208. The van der Waals surface area contributed by atoms with Gasteiger partial charge in [0.05, 0.1) is 33.5 Å². The van der Waals surface area contributed by atoms with Crippen molar-refractivity contribution in [3.05, 3.63) is 28.8 Å². The first kappa shape index (κ1) is 19.2. The molecule has 0 spiro atoms. The van der Waals surface area contributed by atoms with Gasteiger partial charge in [0, 0.05) is 44.8 Å². The Labute approximate surface area is 155 Å². The first-order chi connectivity index (χ1) is 12.7. The molecule has 0 aromatic heterocycles. The number of ether oxygens (including phenoxy) is 3. The third-order valence-corrected chi connectivity index (χ3v) is 4.87. The van der Waals surface area contributed by atoms with Crippen LogP contribution in [0.2, 0.25) is 0 Å². The number of morpholine rings is 2. The van der Waals surface area contributed by atoms with Crippen LogP contribution in [0.3, 0.4) is 0 Å². The fourth-order valence-electron chi connectivity index (χ4n) is 3.49. The van der Waals surface area contributed by atoms with Gasteiger partial charge in [0.2, 0.25) is 0 Å². The van der Waals surface area contributed by atoms with E-state index in [1.165, 1.54) is 5.57 Å². The lowest BCUT2D eigenvalue weighted by Gasteiger charge is -2.27. The van der Waals surface area contributed by atoms with Crippen LogP contribution in [-0.2, 0) is 16.0 Å². The van der Waals surface area contributed by atoms with Gasteiger partial charge >= 0.3 is 0 Å². The lowest BCUT2D eigenvalue weighted by atomic mass is 10.0. The van der Waals surface area contributed by atoms with E-state index in [-0.39, 0.29) is 5.75 Å². The molecule has 1 aromatic carbocycles. The number of aromatic hydroxyl groups is 1. The summed E-state index contributed by atoms with van der Waals surface area (Å²) < 4.78 is 16.2. The maximum Gasteiger partial charge on any atom is 0.165 e. The van der Waals surface area contributed by atoms with Crippen molar-refractivity contribution in [1.29, 1.82) is 0 Å². The number of phenolic OH excluding ortho intramolecular Hbond substituents is 1. The summed E-state index contributed by atoms with van der Waals surface area (Å²) in [6.07, 6.45) is 2.07. The topological polar surface area (TPSA) is 54.4 Å². The molecule has 2 heterocycles. The van der Waals surface area contributed by atoms with Gasteiger partial charge in [0.15, 0.2) is 11.5 Å². The highest BCUT2D eigenvalue weighted by Gasteiger charge is 2.15. The largest absolute Gasteiger partial charge is 0.504 e. The molecule has 0 saturated carbocycles.